The van der Waals surface area contributed by atoms with Crippen LogP contribution < -0.4 is 10.6 Å². The maximum atomic E-state index is 12.9. The van der Waals surface area contributed by atoms with Gasteiger partial charge in [0.2, 0.25) is 0 Å². The summed E-state index contributed by atoms with van der Waals surface area (Å²) in [7, 11) is 0. The standard InChI is InChI=1S/C32H26N4O7/c1-2-40-31(38)28-23(33-32(39)34-30(28)25-13-8-16-41-25)19-42-27(37)15-14-21-18-36(22-10-4-3-5-11-22)35-29(21)26-17-20-9-6-7-12-24(20)43-26/h3-18,30H,2,19H2,1H3,(H2,33,34,39)/b15-14+. The van der Waals surface area contributed by atoms with Crippen molar-refractivity contribution in [3.63, 3.8) is 0 Å². The zero-order valence-electron chi connectivity index (χ0n) is 23.0. The first kappa shape index (κ1) is 27.3. The zero-order valence-corrected chi connectivity index (χ0v) is 23.0. The topological polar surface area (TPSA) is 138 Å². The van der Waals surface area contributed by atoms with Gasteiger partial charge in [0, 0.05) is 23.2 Å². The number of benzene rings is 2. The number of hydrogen-bond donors (Lipinski definition) is 2. The van der Waals surface area contributed by atoms with Crippen LogP contribution in [0.5, 0.6) is 0 Å². The van der Waals surface area contributed by atoms with Crippen LogP contribution in [0.2, 0.25) is 0 Å². The lowest BCUT2D eigenvalue weighted by Gasteiger charge is -2.27. The summed E-state index contributed by atoms with van der Waals surface area (Å²) in [5.41, 5.74) is 2.84. The molecule has 1 aliphatic heterocycles. The van der Waals surface area contributed by atoms with Crippen LogP contribution in [0.4, 0.5) is 4.79 Å². The minimum Gasteiger partial charge on any atom is -0.467 e. The van der Waals surface area contributed by atoms with Gasteiger partial charge in [0.25, 0.3) is 0 Å². The molecule has 0 bridgehead atoms. The first-order valence-corrected chi connectivity index (χ1v) is 13.5. The zero-order chi connectivity index (χ0) is 29.8. The summed E-state index contributed by atoms with van der Waals surface area (Å²) in [4.78, 5) is 38.1. The van der Waals surface area contributed by atoms with Crippen molar-refractivity contribution >= 4 is 35.0 Å². The van der Waals surface area contributed by atoms with Crippen LogP contribution >= 0.6 is 0 Å². The third-order valence-electron chi connectivity index (χ3n) is 6.66. The van der Waals surface area contributed by atoms with Gasteiger partial charge in [-0.05, 0) is 49.4 Å². The van der Waals surface area contributed by atoms with Gasteiger partial charge in [-0.15, -0.1) is 0 Å². The smallest absolute Gasteiger partial charge is 0.338 e. The van der Waals surface area contributed by atoms with E-state index < -0.39 is 24.0 Å². The molecule has 11 heteroatoms. The second kappa shape index (κ2) is 12.0. The number of urea groups is 1. The number of carbonyl (C=O) groups excluding carboxylic acids is 3. The molecule has 3 aromatic heterocycles. The molecule has 0 spiro atoms. The highest BCUT2D eigenvalue weighted by Gasteiger charge is 2.35. The van der Waals surface area contributed by atoms with Gasteiger partial charge in [-0.1, -0.05) is 36.4 Å². The van der Waals surface area contributed by atoms with Gasteiger partial charge in [-0.25, -0.2) is 19.1 Å². The number of ether oxygens (including phenoxy) is 2. The van der Waals surface area contributed by atoms with E-state index in [-0.39, 0.29) is 24.5 Å². The van der Waals surface area contributed by atoms with Gasteiger partial charge < -0.3 is 28.9 Å². The van der Waals surface area contributed by atoms with E-state index >= 15 is 0 Å². The fourth-order valence-electron chi connectivity index (χ4n) is 4.71. The SMILES string of the molecule is CCOC(=O)C1=C(COC(=O)/C=C/c2cn(-c3ccccc3)nc2-c2cc3ccccc3o2)NC(=O)NC1c1ccco1. The first-order chi connectivity index (χ1) is 21.0. The Bertz CT molecular complexity index is 1820. The molecule has 4 heterocycles. The Kier molecular flexibility index (Phi) is 7.60. The summed E-state index contributed by atoms with van der Waals surface area (Å²) < 4.78 is 23.8. The molecule has 6 rings (SSSR count). The molecular formula is C32H26N4O7. The van der Waals surface area contributed by atoms with Gasteiger partial charge >= 0.3 is 18.0 Å². The summed E-state index contributed by atoms with van der Waals surface area (Å²) in [5, 5.41) is 10.8. The highest BCUT2D eigenvalue weighted by Crippen LogP contribution is 2.31. The van der Waals surface area contributed by atoms with Crippen molar-refractivity contribution in [1.29, 1.82) is 0 Å². The molecule has 1 aliphatic rings. The Morgan fingerprint density at radius 1 is 1.05 bits per heavy atom. The second-order valence-corrected chi connectivity index (χ2v) is 9.46. The molecule has 0 saturated carbocycles. The molecule has 0 radical (unpaired) electrons. The van der Waals surface area contributed by atoms with E-state index in [1.54, 1.807) is 36.0 Å². The number of hydrogen-bond acceptors (Lipinski definition) is 8. The highest BCUT2D eigenvalue weighted by molar-refractivity contribution is 5.95. The summed E-state index contributed by atoms with van der Waals surface area (Å²) in [6.07, 6.45) is 6.03. The van der Waals surface area contributed by atoms with Crippen molar-refractivity contribution in [1.82, 2.24) is 20.4 Å². The van der Waals surface area contributed by atoms with Crippen LogP contribution in [0.25, 0.3) is 34.2 Å². The number of amides is 2. The fourth-order valence-corrected chi connectivity index (χ4v) is 4.71. The lowest BCUT2D eigenvalue weighted by Crippen LogP contribution is -2.47. The van der Waals surface area contributed by atoms with Crippen LogP contribution in [-0.4, -0.2) is 41.0 Å². The highest BCUT2D eigenvalue weighted by atomic mass is 16.5. The van der Waals surface area contributed by atoms with E-state index in [2.05, 4.69) is 10.6 Å². The van der Waals surface area contributed by atoms with Crippen LogP contribution in [0.15, 0.2) is 111 Å². The van der Waals surface area contributed by atoms with Crippen LogP contribution in [0.1, 0.15) is 24.3 Å². The monoisotopic (exact) mass is 578 g/mol. The number of esters is 2. The normalized spacial score (nSPS) is 15.0. The number of furan rings is 2. The number of fused-ring (bicyclic) bond motifs is 1. The molecule has 216 valence electrons. The molecular weight excluding hydrogens is 552 g/mol. The van der Waals surface area contributed by atoms with Gasteiger partial charge in [0.05, 0.1) is 29.8 Å². The number of para-hydroxylation sites is 2. The molecule has 2 amide bonds. The van der Waals surface area contributed by atoms with E-state index in [9.17, 15) is 14.4 Å². The van der Waals surface area contributed by atoms with Gasteiger partial charge in [-0.2, -0.15) is 5.10 Å². The summed E-state index contributed by atoms with van der Waals surface area (Å²) in [6.45, 7) is 1.39. The minimum atomic E-state index is -0.915. The minimum absolute atomic E-state index is 0.0736. The van der Waals surface area contributed by atoms with Crippen molar-refractivity contribution < 1.29 is 32.7 Å². The third-order valence-corrected chi connectivity index (χ3v) is 6.66. The Balaban J connectivity index is 1.27. The second-order valence-electron chi connectivity index (χ2n) is 9.46. The Hall–Kier alpha value is -5.84. The fraction of sp³-hybridized carbons (Fsp3) is 0.125. The molecule has 2 aromatic carbocycles. The molecule has 5 aromatic rings. The molecule has 11 nitrogen and oxygen atoms in total. The van der Waals surface area contributed by atoms with Gasteiger partial charge in [0.1, 0.15) is 29.7 Å². The van der Waals surface area contributed by atoms with E-state index in [0.717, 1.165) is 11.1 Å². The molecule has 1 atom stereocenters. The maximum absolute atomic E-state index is 12.9. The van der Waals surface area contributed by atoms with E-state index in [0.29, 0.717) is 28.4 Å². The van der Waals surface area contributed by atoms with Crippen molar-refractivity contribution in [2.45, 2.75) is 13.0 Å². The average molecular weight is 579 g/mol. The van der Waals surface area contributed by atoms with Crippen LogP contribution in [-0.2, 0) is 19.1 Å². The Morgan fingerprint density at radius 3 is 2.63 bits per heavy atom. The number of rotatable bonds is 9. The average Bonchev–Trinajstić information content (AvgIpc) is 3.79. The molecule has 1 unspecified atom stereocenters. The predicted molar refractivity (Wildman–Crippen MR) is 156 cm³/mol. The lowest BCUT2D eigenvalue weighted by atomic mass is 10.0. The molecule has 0 saturated heterocycles. The third kappa shape index (κ3) is 5.82. The summed E-state index contributed by atoms with van der Waals surface area (Å²) >= 11 is 0. The van der Waals surface area contributed by atoms with Crippen molar-refractivity contribution in [3.8, 4) is 17.1 Å². The number of carbonyl (C=O) groups is 3. The molecule has 2 N–H and O–H groups in total. The molecule has 43 heavy (non-hydrogen) atoms. The maximum Gasteiger partial charge on any atom is 0.338 e. The lowest BCUT2D eigenvalue weighted by molar-refractivity contribution is -0.140. The van der Waals surface area contributed by atoms with Crippen molar-refractivity contribution in [2.24, 2.45) is 0 Å². The number of nitrogens with zero attached hydrogens (tertiary/aromatic N) is 2. The van der Waals surface area contributed by atoms with Gasteiger partial charge in [-0.3, -0.25) is 0 Å². The quantitative estimate of drug-likeness (QED) is 0.177. The van der Waals surface area contributed by atoms with Crippen molar-refractivity contribution in [2.75, 3.05) is 13.2 Å². The van der Waals surface area contributed by atoms with Gasteiger partial charge in [0.15, 0.2) is 5.76 Å². The van der Waals surface area contributed by atoms with E-state index in [1.807, 2.05) is 60.7 Å². The van der Waals surface area contributed by atoms with E-state index in [4.69, 9.17) is 23.4 Å². The summed E-state index contributed by atoms with van der Waals surface area (Å²) in [5.74, 6) is -0.521. The largest absolute Gasteiger partial charge is 0.467 e. The van der Waals surface area contributed by atoms with Crippen LogP contribution in [0, 0.1) is 0 Å². The van der Waals surface area contributed by atoms with Crippen molar-refractivity contribution in [3.05, 3.63) is 114 Å². The first-order valence-electron chi connectivity index (χ1n) is 13.5. The summed E-state index contributed by atoms with van der Waals surface area (Å²) in [6, 6.07) is 20.8. The Labute approximate surface area is 245 Å². The van der Waals surface area contributed by atoms with E-state index in [1.165, 1.54) is 12.3 Å². The Morgan fingerprint density at radius 2 is 1.86 bits per heavy atom. The number of aromatic nitrogens is 2. The molecule has 0 fully saturated rings. The van der Waals surface area contributed by atoms with Crippen LogP contribution in [0.3, 0.4) is 0 Å². The molecule has 0 aliphatic carbocycles. The number of nitrogens with one attached hydrogen (secondary N) is 2. The predicted octanol–water partition coefficient (Wildman–Crippen LogP) is 5.31.